The molecule has 4 aromatic rings. The maximum atomic E-state index is 15.6. The number of benzene rings is 4. The second kappa shape index (κ2) is 26.8. The Labute approximate surface area is 541 Å². The number of piperidine rings is 4. The van der Waals surface area contributed by atoms with Crippen LogP contribution in [0.2, 0.25) is 0 Å². The van der Waals surface area contributed by atoms with Gasteiger partial charge in [-0.2, -0.15) is 0 Å². The molecular weight excluding hydrogens is 1180 g/mol. The van der Waals surface area contributed by atoms with E-state index in [1.807, 2.05) is 123 Å². The van der Waals surface area contributed by atoms with Crippen LogP contribution in [0.4, 0.5) is 19.2 Å². The quantitative estimate of drug-likeness (QED) is 0.0797. The average Bonchev–Trinajstić information content (AvgIpc) is 0.790. The smallest absolute Gasteiger partial charge is 0.416 e. The van der Waals surface area contributed by atoms with Gasteiger partial charge in [0.25, 0.3) is 0 Å². The van der Waals surface area contributed by atoms with Gasteiger partial charge in [-0.15, -0.1) is 0 Å². The normalized spacial score (nSPS) is 21.3. The van der Waals surface area contributed by atoms with Gasteiger partial charge < -0.3 is 37.9 Å². The molecule has 4 amide bonds. The molecule has 0 radical (unpaired) electrons. The van der Waals surface area contributed by atoms with Crippen molar-refractivity contribution in [2.45, 2.75) is 244 Å². The highest BCUT2D eigenvalue weighted by molar-refractivity contribution is 5.89. The number of ether oxygens (including phenoxy) is 8. The van der Waals surface area contributed by atoms with Crippen LogP contribution >= 0.6 is 0 Å². The molecule has 0 spiro atoms. The Bertz CT molecular complexity index is 3020. The molecular formula is C72H94N4O16. The Kier molecular flexibility index (Phi) is 20.3. The summed E-state index contributed by atoms with van der Waals surface area (Å²) in [6.07, 6.45) is -6.30. The summed E-state index contributed by atoms with van der Waals surface area (Å²) >= 11 is 0. The van der Waals surface area contributed by atoms with E-state index in [1.54, 1.807) is 129 Å². The summed E-state index contributed by atoms with van der Waals surface area (Å²) in [6.45, 7) is 29.4. The average molecular weight is 1270 g/mol. The molecule has 4 fully saturated rings. The third-order valence-electron chi connectivity index (χ3n) is 18.2. The lowest BCUT2D eigenvalue weighted by Gasteiger charge is -2.54. The van der Waals surface area contributed by atoms with E-state index in [4.69, 9.17) is 37.9 Å². The summed E-state index contributed by atoms with van der Waals surface area (Å²) in [5, 5.41) is 0. The zero-order valence-electron chi connectivity index (χ0n) is 56.4. The molecule has 0 saturated carbocycles. The molecule has 8 rings (SSSR count). The van der Waals surface area contributed by atoms with Gasteiger partial charge in [-0.3, -0.25) is 38.8 Å². The first kappa shape index (κ1) is 69.7. The number of rotatable bonds is 15. The van der Waals surface area contributed by atoms with Gasteiger partial charge in [-0.05, 0) is 159 Å². The largest absolute Gasteiger partial charge is 0.462 e. The molecule has 0 aromatic heterocycles. The predicted octanol–water partition coefficient (Wildman–Crippen LogP) is 14.1. The maximum Gasteiger partial charge on any atom is 0.416 e. The Morgan fingerprint density at radius 1 is 0.304 bits per heavy atom. The van der Waals surface area contributed by atoms with E-state index in [0.29, 0.717) is 23.0 Å². The Morgan fingerprint density at radius 2 is 0.478 bits per heavy atom. The molecule has 4 heterocycles. The molecule has 20 heteroatoms. The lowest BCUT2D eigenvalue weighted by molar-refractivity contribution is -0.182. The van der Waals surface area contributed by atoms with Crippen molar-refractivity contribution in [3.63, 3.8) is 0 Å². The fourth-order valence-corrected chi connectivity index (χ4v) is 15.7. The number of nitrogens with zero attached hydrogens (tertiary/aromatic N) is 4. The topological polar surface area (TPSA) is 223 Å². The van der Waals surface area contributed by atoms with Crippen molar-refractivity contribution in [1.82, 2.24) is 19.6 Å². The van der Waals surface area contributed by atoms with Crippen LogP contribution in [0.25, 0.3) is 0 Å². The van der Waals surface area contributed by atoms with Gasteiger partial charge in [0, 0.05) is 95.7 Å². The Morgan fingerprint density at radius 3 is 0.663 bits per heavy atom. The van der Waals surface area contributed by atoms with Gasteiger partial charge in [0.2, 0.25) is 0 Å². The maximum absolute atomic E-state index is 15.6. The van der Waals surface area contributed by atoms with Gasteiger partial charge in [0.1, 0.15) is 47.4 Å². The lowest BCUT2D eigenvalue weighted by atomic mass is 9.78. The molecule has 4 saturated heterocycles. The van der Waals surface area contributed by atoms with E-state index in [9.17, 15) is 28.8 Å². The first-order valence-corrected chi connectivity index (χ1v) is 31.9. The van der Waals surface area contributed by atoms with Crippen LogP contribution in [0.5, 0.6) is 23.0 Å². The highest BCUT2D eigenvalue weighted by atomic mass is 16.6. The predicted molar refractivity (Wildman–Crippen MR) is 343 cm³/mol. The van der Waals surface area contributed by atoms with Gasteiger partial charge in [-0.1, -0.05) is 72.8 Å². The third kappa shape index (κ3) is 16.5. The van der Waals surface area contributed by atoms with Gasteiger partial charge in [-0.25, -0.2) is 19.2 Å². The molecule has 92 heavy (non-hydrogen) atoms. The van der Waals surface area contributed by atoms with E-state index in [0.717, 1.165) is 0 Å². The molecule has 2 atom stereocenters. The Hall–Kier alpha value is -8.16. The van der Waals surface area contributed by atoms with Crippen LogP contribution < -0.4 is 18.9 Å². The van der Waals surface area contributed by atoms with Crippen LogP contribution in [-0.2, 0) is 38.1 Å². The molecule has 0 N–H and O–H groups in total. The number of likely N-dealkylation sites (tertiary alicyclic amines) is 4. The monoisotopic (exact) mass is 1270 g/mol. The van der Waals surface area contributed by atoms with Crippen molar-refractivity contribution >= 4 is 48.3 Å². The van der Waals surface area contributed by atoms with E-state index in [-0.39, 0.29) is 51.4 Å². The highest BCUT2D eigenvalue weighted by Gasteiger charge is 2.56. The summed E-state index contributed by atoms with van der Waals surface area (Å²) in [6, 6.07) is 34.7. The molecule has 0 bridgehead atoms. The number of esters is 4. The first-order chi connectivity index (χ1) is 42.8. The minimum atomic E-state index is -1.73. The Balaban J connectivity index is 1.11. The number of hydrogen-bond donors (Lipinski definition) is 0. The standard InChI is InChI=1S/C72H94N4O16/c1-65(2)39-51(40-66(3,4)73(65)61(81)89-47-29-21-17-22-30-47)85-57(77)37-55(59(79)87-53-43-69(9,10)75(70(11,12)44-53)63(83)91-49-33-25-19-26-34-49)56(60(80)88-54-45-71(13,14)76(72(15,16)46-54)64(84)92-50-35-27-20-28-36-50)38-58(78)86-52-41-67(5,6)74(68(7,8)42-52)62(82)90-48-31-23-18-24-32-48/h17-36,51-56H,37-46H2,1-16H3. The van der Waals surface area contributed by atoms with Gasteiger partial charge in [0.05, 0.1) is 24.7 Å². The molecule has 4 aromatic carbocycles. The van der Waals surface area contributed by atoms with Gasteiger partial charge in [0.15, 0.2) is 0 Å². The summed E-state index contributed by atoms with van der Waals surface area (Å²) in [7, 11) is 0. The summed E-state index contributed by atoms with van der Waals surface area (Å²) in [5.74, 6) is -5.84. The minimum Gasteiger partial charge on any atom is -0.462 e. The van der Waals surface area contributed by atoms with E-state index in [1.165, 1.54) is 0 Å². The molecule has 2 unspecified atom stereocenters. The van der Waals surface area contributed by atoms with Crippen LogP contribution in [-0.4, -0.2) is 137 Å². The second-order valence-corrected chi connectivity index (χ2v) is 30.2. The summed E-state index contributed by atoms with van der Waals surface area (Å²) < 4.78 is 49.0. The number of carbonyl (C=O) groups excluding carboxylic acids is 8. The van der Waals surface area contributed by atoms with E-state index in [2.05, 4.69) is 0 Å². The molecule has 4 aliphatic rings. The molecule has 498 valence electrons. The second-order valence-electron chi connectivity index (χ2n) is 30.2. The zero-order valence-corrected chi connectivity index (χ0v) is 56.4. The fraction of sp³-hybridized carbons (Fsp3) is 0.556. The third-order valence-corrected chi connectivity index (χ3v) is 18.2. The van der Waals surface area contributed by atoms with Crippen molar-refractivity contribution in [3.8, 4) is 23.0 Å². The van der Waals surface area contributed by atoms with Crippen molar-refractivity contribution in [3.05, 3.63) is 121 Å². The molecule has 4 aliphatic heterocycles. The number of para-hydroxylation sites is 4. The highest BCUT2D eigenvalue weighted by Crippen LogP contribution is 2.46. The van der Waals surface area contributed by atoms with Crippen molar-refractivity contribution in [2.75, 3.05) is 0 Å². The first-order valence-electron chi connectivity index (χ1n) is 31.9. The van der Waals surface area contributed by atoms with E-state index >= 15 is 9.59 Å². The molecule has 0 aliphatic carbocycles. The lowest BCUT2D eigenvalue weighted by Crippen LogP contribution is -2.65. The number of amides is 4. The van der Waals surface area contributed by atoms with E-state index < -0.39 is 142 Å². The minimum absolute atomic E-state index is 0.106. The van der Waals surface area contributed by atoms with Crippen molar-refractivity contribution < 1.29 is 76.3 Å². The fourth-order valence-electron chi connectivity index (χ4n) is 15.7. The van der Waals surface area contributed by atoms with Crippen LogP contribution in [0.1, 0.15) is 175 Å². The van der Waals surface area contributed by atoms with Crippen LogP contribution in [0, 0.1) is 11.8 Å². The summed E-state index contributed by atoms with van der Waals surface area (Å²) in [5.41, 5.74) is -7.72. The zero-order chi connectivity index (χ0) is 67.6. The molecule has 20 nitrogen and oxygen atoms in total. The SMILES string of the molecule is CC1(C)CC(OC(=O)CC(C(=O)OC2CC(C)(C)N(C(=O)Oc3ccccc3)C(C)(C)C2)C(CC(=O)OC2CC(C)(C)N(C(=O)Oc3ccccc3)C(C)(C)C2)C(=O)OC2CC(C)(C)N(C(=O)Oc3ccccc3)C(C)(C)C2)CC(C)(C)N1C(=O)Oc1ccccc1. The van der Waals surface area contributed by atoms with Crippen LogP contribution in [0.3, 0.4) is 0 Å². The number of carbonyl (C=O) groups is 8. The number of hydrogen-bond acceptors (Lipinski definition) is 16. The summed E-state index contributed by atoms with van der Waals surface area (Å²) in [4.78, 5) is 124. The van der Waals surface area contributed by atoms with Crippen LogP contribution in [0.15, 0.2) is 121 Å². The van der Waals surface area contributed by atoms with Gasteiger partial charge >= 0.3 is 48.3 Å². The van der Waals surface area contributed by atoms with Crippen molar-refractivity contribution in [1.29, 1.82) is 0 Å². The van der Waals surface area contributed by atoms with Crippen molar-refractivity contribution in [2.24, 2.45) is 11.8 Å².